The minimum atomic E-state index is 0.105. The second-order valence-electron chi connectivity index (χ2n) is 5.36. The SMILES string of the molecule is CC1(CI)CS/C(=C/C(=O)c2ccc3ccccc3c2)S1. The van der Waals surface area contributed by atoms with Crippen molar-refractivity contribution >= 4 is 62.7 Å². The number of halogens is 1. The molecule has 1 atom stereocenters. The molecule has 1 fully saturated rings. The van der Waals surface area contributed by atoms with Gasteiger partial charge < -0.3 is 0 Å². The number of ketones is 1. The number of fused-ring (bicyclic) bond motifs is 1. The summed E-state index contributed by atoms with van der Waals surface area (Å²) in [4.78, 5) is 12.4. The molecule has 0 bridgehead atoms. The van der Waals surface area contributed by atoms with Crippen molar-refractivity contribution in [1.82, 2.24) is 0 Å². The third-order valence-electron chi connectivity index (χ3n) is 3.43. The Morgan fingerprint density at radius 1 is 1.29 bits per heavy atom. The van der Waals surface area contributed by atoms with E-state index in [1.807, 2.05) is 48.2 Å². The number of hydrogen-bond donors (Lipinski definition) is 0. The van der Waals surface area contributed by atoms with Crippen LogP contribution in [0.25, 0.3) is 10.8 Å². The molecule has 0 N–H and O–H groups in total. The fraction of sp³-hybridized carbons (Fsp3) is 0.235. The first kappa shape index (κ1) is 15.4. The molecule has 1 saturated heterocycles. The van der Waals surface area contributed by atoms with Gasteiger partial charge in [-0.2, -0.15) is 0 Å². The molecule has 0 aromatic heterocycles. The van der Waals surface area contributed by atoms with Crippen molar-refractivity contribution in [3.8, 4) is 0 Å². The molecular weight excluding hydrogens is 411 g/mol. The van der Waals surface area contributed by atoms with Crippen molar-refractivity contribution in [2.75, 3.05) is 10.2 Å². The average Bonchev–Trinajstić information content (AvgIpc) is 2.88. The Morgan fingerprint density at radius 2 is 2.05 bits per heavy atom. The smallest absolute Gasteiger partial charge is 0.187 e. The van der Waals surface area contributed by atoms with Crippen LogP contribution < -0.4 is 0 Å². The topological polar surface area (TPSA) is 17.1 Å². The lowest BCUT2D eigenvalue weighted by atomic mass is 10.0. The van der Waals surface area contributed by atoms with Crippen molar-refractivity contribution in [2.45, 2.75) is 11.7 Å². The molecule has 1 aliphatic rings. The second-order valence-corrected chi connectivity index (χ2v) is 9.03. The molecule has 1 aliphatic heterocycles. The van der Waals surface area contributed by atoms with Gasteiger partial charge in [0.25, 0.3) is 0 Å². The molecule has 0 aliphatic carbocycles. The molecule has 0 spiro atoms. The minimum Gasteiger partial charge on any atom is -0.289 e. The highest BCUT2D eigenvalue weighted by Gasteiger charge is 2.32. The Kier molecular flexibility index (Phi) is 4.66. The molecule has 0 amide bonds. The van der Waals surface area contributed by atoms with E-state index in [4.69, 9.17) is 0 Å². The molecule has 21 heavy (non-hydrogen) atoms. The monoisotopic (exact) mass is 426 g/mol. The lowest BCUT2D eigenvalue weighted by Gasteiger charge is -2.16. The van der Waals surface area contributed by atoms with Gasteiger partial charge in [0.05, 0.1) is 0 Å². The number of carbonyl (C=O) groups excluding carboxylic acids is 1. The number of hydrogen-bond acceptors (Lipinski definition) is 3. The summed E-state index contributed by atoms with van der Waals surface area (Å²) in [6, 6.07) is 14.1. The van der Waals surface area contributed by atoms with Crippen molar-refractivity contribution in [3.63, 3.8) is 0 Å². The number of benzene rings is 2. The van der Waals surface area contributed by atoms with E-state index in [0.717, 1.165) is 25.4 Å². The van der Waals surface area contributed by atoms with Crippen LogP contribution in [0.1, 0.15) is 17.3 Å². The Labute approximate surface area is 147 Å². The summed E-state index contributed by atoms with van der Waals surface area (Å²) in [6.45, 7) is 2.26. The largest absolute Gasteiger partial charge is 0.289 e. The first-order chi connectivity index (χ1) is 10.1. The summed E-state index contributed by atoms with van der Waals surface area (Å²) in [6.07, 6.45) is 1.80. The molecule has 2 aromatic carbocycles. The normalized spacial score (nSPS) is 23.8. The van der Waals surface area contributed by atoms with Crippen LogP contribution in [-0.4, -0.2) is 20.7 Å². The van der Waals surface area contributed by atoms with Gasteiger partial charge in [-0.25, -0.2) is 0 Å². The summed E-state index contributed by atoms with van der Waals surface area (Å²) in [5.41, 5.74) is 0.769. The maximum atomic E-state index is 12.4. The van der Waals surface area contributed by atoms with Crippen LogP contribution in [0, 0.1) is 0 Å². The van der Waals surface area contributed by atoms with Gasteiger partial charge in [-0.1, -0.05) is 59.0 Å². The first-order valence-electron chi connectivity index (χ1n) is 6.72. The standard InChI is InChI=1S/C17H15IOS2/c1-17(10-18)11-20-16(21-17)9-15(19)14-7-6-12-4-2-3-5-13(12)8-14/h2-9H,10-11H2,1H3/b16-9-. The summed E-state index contributed by atoms with van der Waals surface area (Å²) in [5.74, 6) is 1.19. The van der Waals surface area contributed by atoms with E-state index in [2.05, 4.69) is 35.6 Å². The van der Waals surface area contributed by atoms with Crippen LogP contribution in [0.5, 0.6) is 0 Å². The average molecular weight is 426 g/mol. The summed E-state index contributed by atoms with van der Waals surface area (Å²) >= 11 is 6.06. The van der Waals surface area contributed by atoms with Crippen LogP contribution in [0.15, 0.2) is 52.8 Å². The highest BCUT2D eigenvalue weighted by Crippen LogP contribution is 2.49. The Morgan fingerprint density at radius 3 is 2.76 bits per heavy atom. The zero-order valence-corrected chi connectivity index (χ0v) is 15.4. The molecule has 108 valence electrons. The summed E-state index contributed by atoms with van der Waals surface area (Å²) in [5, 5.41) is 2.29. The second kappa shape index (κ2) is 6.34. The van der Waals surface area contributed by atoms with Gasteiger partial charge in [0.1, 0.15) is 0 Å². The number of allylic oxidation sites excluding steroid dienone is 1. The lowest BCUT2D eigenvalue weighted by Crippen LogP contribution is -2.20. The van der Waals surface area contributed by atoms with Crippen molar-refractivity contribution in [1.29, 1.82) is 0 Å². The van der Waals surface area contributed by atoms with Gasteiger partial charge in [0.15, 0.2) is 5.78 Å². The van der Waals surface area contributed by atoms with E-state index in [1.165, 1.54) is 5.39 Å². The lowest BCUT2D eigenvalue weighted by molar-refractivity contribution is 0.104. The maximum absolute atomic E-state index is 12.4. The highest BCUT2D eigenvalue weighted by molar-refractivity contribution is 14.1. The van der Waals surface area contributed by atoms with E-state index in [-0.39, 0.29) is 10.5 Å². The first-order valence-corrected chi connectivity index (χ1v) is 10.0. The van der Waals surface area contributed by atoms with Gasteiger partial charge in [-0.15, -0.1) is 23.5 Å². The van der Waals surface area contributed by atoms with E-state index in [0.29, 0.717) is 0 Å². The van der Waals surface area contributed by atoms with Gasteiger partial charge in [-0.05, 0) is 23.8 Å². The third-order valence-corrected chi connectivity index (χ3v) is 8.70. The van der Waals surface area contributed by atoms with E-state index >= 15 is 0 Å². The van der Waals surface area contributed by atoms with Crippen LogP contribution >= 0.6 is 46.1 Å². The van der Waals surface area contributed by atoms with E-state index in [1.54, 1.807) is 17.8 Å². The number of rotatable bonds is 3. The van der Waals surface area contributed by atoms with Crippen LogP contribution in [-0.2, 0) is 0 Å². The maximum Gasteiger partial charge on any atom is 0.187 e. The quantitative estimate of drug-likeness (QED) is 0.278. The highest BCUT2D eigenvalue weighted by atomic mass is 127. The van der Waals surface area contributed by atoms with Gasteiger partial charge >= 0.3 is 0 Å². The van der Waals surface area contributed by atoms with Crippen LogP contribution in [0.2, 0.25) is 0 Å². The number of alkyl halides is 1. The molecule has 4 heteroatoms. The molecule has 3 rings (SSSR count). The Balaban J connectivity index is 1.84. The molecule has 1 unspecified atom stereocenters. The Bertz CT molecular complexity index is 726. The van der Waals surface area contributed by atoms with Crippen LogP contribution in [0.4, 0.5) is 0 Å². The summed E-state index contributed by atoms with van der Waals surface area (Å²) < 4.78 is 2.51. The van der Waals surface area contributed by atoms with Crippen molar-refractivity contribution in [3.05, 3.63) is 58.3 Å². The molecular formula is C17H15IOS2. The zero-order chi connectivity index (χ0) is 14.9. The van der Waals surface area contributed by atoms with Crippen molar-refractivity contribution < 1.29 is 4.79 Å². The minimum absolute atomic E-state index is 0.105. The molecule has 1 nitrogen and oxygen atoms in total. The third kappa shape index (κ3) is 3.48. The molecule has 0 saturated carbocycles. The van der Waals surface area contributed by atoms with Gasteiger partial charge in [0, 0.05) is 30.8 Å². The van der Waals surface area contributed by atoms with Gasteiger partial charge in [0.2, 0.25) is 0 Å². The van der Waals surface area contributed by atoms with Crippen molar-refractivity contribution in [2.24, 2.45) is 0 Å². The zero-order valence-electron chi connectivity index (χ0n) is 11.6. The predicted molar refractivity (Wildman–Crippen MR) is 104 cm³/mol. The van der Waals surface area contributed by atoms with E-state index in [9.17, 15) is 4.79 Å². The fourth-order valence-corrected chi connectivity index (χ4v) is 6.17. The van der Waals surface area contributed by atoms with E-state index < -0.39 is 0 Å². The number of carbonyl (C=O) groups is 1. The Hall–Kier alpha value is -0.460. The predicted octanol–water partition coefficient (Wildman–Crippen LogP) is 5.54. The molecule has 0 radical (unpaired) electrons. The number of thioether (sulfide) groups is 2. The fourth-order valence-electron chi connectivity index (χ4n) is 2.20. The summed E-state index contributed by atoms with van der Waals surface area (Å²) in [7, 11) is 0. The van der Waals surface area contributed by atoms with Crippen LogP contribution in [0.3, 0.4) is 0 Å². The van der Waals surface area contributed by atoms with Gasteiger partial charge in [-0.3, -0.25) is 4.79 Å². The molecule has 2 aromatic rings. The molecule has 1 heterocycles.